The summed E-state index contributed by atoms with van der Waals surface area (Å²) in [5.41, 5.74) is 0. The SMILES string of the molecule is O=C1CCC[C@@H](S)C1. The van der Waals surface area contributed by atoms with Crippen LogP contribution in [0.4, 0.5) is 0 Å². The molecule has 0 bridgehead atoms. The Balaban J connectivity index is 2.34. The molecule has 1 atom stereocenters. The van der Waals surface area contributed by atoms with Crippen molar-refractivity contribution in [3.63, 3.8) is 0 Å². The molecule has 46 valence electrons. The molecular weight excluding hydrogens is 120 g/mol. The number of carbonyl (C=O) groups is 1. The highest BCUT2D eigenvalue weighted by atomic mass is 32.1. The van der Waals surface area contributed by atoms with Crippen molar-refractivity contribution in [2.24, 2.45) is 0 Å². The summed E-state index contributed by atoms with van der Waals surface area (Å²) in [6, 6.07) is 0. The van der Waals surface area contributed by atoms with Crippen molar-refractivity contribution in [2.75, 3.05) is 0 Å². The molecule has 0 amide bonds. The second-order valence-corrected chi connectivity index (χ2v) is 3.02. The third kappa shape index (κ3) is 1.51. The van der Waals surface area contributed by atoms with Gasteiger partial charge in [-0.05, 0) is 12.8 Å². The smallest absolute Gasteiger partial charge is 0.134 e. The number of carbonyl (C=O) groups excluding carboxylic acids is 1. The molecule has 0 heterocycles. The Morgan fingerprint density at radius 1 is 1.62 bits per heavy atom. The number of thiol groups is 1. The number of ketones is 1. The summed E-state index contributed by atoms with van der Waals surface area (Å²) in [6.45, 7) is 0. The van der Waals surface area contributed by atoms with Gasteiger partial charge in [0.25, 0.3) is 0 Å². The standard InChI is InChI=1S/C6H10OS/c7-5-2-1-3-6(8)4-5/h6,8H,1-4H2/t6-/m1/s1. The summed E-state index contributed by atoms with van der Waals surface area (Å²) >= 11 is 4.20. The van der Waals surface area contributed by atoms with Crippen LogP contribution >= 0.6 is 12.6 Å². The van der Waals surface area contributed by atoms with Gasteiger partial charge in [0.2, 0.25) is 0 Å². The lowest BCUT2D eigenvalue weighted by Gasteiger charge is -2.13. The normalized spacial score (nSPS) is 30.6. The van der Waals surface area contributed by atoms with Crippen LogP contribution in [0.3, 0.4) is 0 Å². The zero-order valence-electron chi connectivity index (χ0n) is 4.76. The maximum atomic E-state index is 10.6. The molecule has 1 rings (SSSR count). The Kier molecular flexibility index (Phi) is 1.95. The van der Waals surface area contributed by atoms with E-state index in [4.69, 9.17) is 0 Å². The molecule has 0 N–H and O–H groups in total. The van der Waals surface area contributed by atoms with Crippen LogP contribution in [0, 0.1) is 0 Å². The average molecular weight is 130 g/mol. The van der Waals surface area contributed by atoms with E-state index in [1.807, 2.05) is 0 Å². The minimum Gasteiger partial charge on any atom is -0.300 e. The van der Waals surface area contributed by atoms with Crippen LogP contribution in [0.2, 0.25) is 0 Å². The first-order valence-corrected chi connectivity index (χ1v) is 3.50. The highest BCUT2D eigenvalue weighted by Crippen LogP contribution is 2.18. The quantitative estimate of drug-likeness (QED) is 0.491. The second kappa shape index (κ2) is 2.53. The van der Waals surface area contributed by atoms with Gasteiger partial charge in [0.15, 0.2) is 0 Å². The van der Waals surface area contributed by atoms with Gasteiger partial charge in [-0.3, -0.25) is 4.79 Å². The van der Waals surface area contributed by atoms with Crippen molar-refractivity contribution in [1.82, 2.24) is 0 Å². The van der Waals surface area contributed by atoms with Crippen LogP contribution in [-0.2, 0) is 4.79 Å². The molecule has 0 saturated heterocycles. The average Bonchev–Trinajstić information content (AvgIpc) is 1.64. The highest BCUT2D eigenvalue weighted by Gasteiger charge is 2.14. The number of hydrogen-bond acceptors (Lipinski definition) is 2. The van der Waals surface area contributed by atoms with Gasteiger partial charge in [-0.2, -0.15) is 12.6 Å². The Bertz CT molecular complexity index is 101. The molecule has 1 fully saturated rings. The second-order valence-electron chi connectivity index (χ2n) is 2.29. The van der Waals surface area contributed by atoms with Crippen molar-refractivity contribution in [3.8, 4) is 0 Å². The van der Waals surface area contributed by atoms with E-state index in [1.54, 1.807) is 0 Å². The molecule has 8 heavy (non-hydrogen) atoms. The Morgan fingerprint density at radius 2 is 2.38 bits per heavy atom. The first kappa shape index (κ1) is 6.14. The molecule has 0 spiro atoms. The van der Waals surface area contributed by atoms with Crippen LogP contribution in [-0.4, -0.2) is 11.0 Å². The fourth-order valence-corrected chi connectivity index (χ4v) is 1.39. The number of hydrogen-bond donors (Lipinski definition) is 1. The summed E-state index contributed by atoms with van der Waals surface area (Å²) in [4.78, 5) is 10.6. The molecule has 0 aromatic carbocycles. The summed E-state index contributed by atoms with van der Waals surface area (Å²) < 4.78 is 0. The Morgan fingerprint density at radius 3 is 2.75 bits per heavy atom. The molecule has 0 aromatic heterocycles. The van der Waals surface area contributed by atoms with Gasteiger partial charge >= 0.3 is 0 Å². The third-order valence-corrected chi connectivity index (χ3v) is 1.90. The first-order chi connectivity index (χ1) is 3.79. The predicted octanol–water partition coefficient (Wildman–Crippen LogP) is 1.43. The van der Waals surface area contributed by atoms with Gasteiger partial charge in [0.1, 0.15) is 5.78 Å². The lowest BCUT2D eigenvalue weighted by atomic mass is 9.99. The van der Waals surface area contributed by atoms with E-state index >= 15 is 0 Å². The zero-order valence-corrected chi connectivity index (χ0v) is 5.66. The summed E-state index contributed by atoms with van der Waals surface area (Å²) in [6.07, 6.45) is 3.65. The van der Waals surface area contributed by atoms with E-state index in [1.165, 1.54) is 0 Å². The van der Waals surface area contributed by atoms with Crippen LogP contribution < -0.4 is 0 Å². The van der Waals surface area contributed by atoms with Gasteiger partial charge < -0.3 is 0 Å². The summed E-state index contributed by atoms with van der Waals surface area (Å²) in [7, 11) is 0. The monoisotopic (exact) mass is 130 g/mol. The molecular formula is C6H10OS. The van der Waals surface area contributed by atoms with Crippen molar-refractivity contribution in [2.45, 2.75) is 30.9 Å². The van der Waals surface area contributed by atoms with E-state index < -0.39 is 0 Å². The van der Waals surface area contributed by atoms with Gasteiger partial charge in [-0.15, -0.1) is 0 Å². The van der Waals surface area contributed by atoms with Crippen molar-refractivity contribution < 1.29 is 4.79 Å². The largest absolute Gasteiger partial charge is 0.300 e. The summed E-state index contributed by atoms with van der Waals surface area (Å²) in [5, 5.41) is 0.358. The lowest BCUT2D eigenvalue weighted by Crippen LogP contribution is -2.14. The van der Waals surface area contributed by atoms with Gasteiger partial charge in [0, 0.05) is 18.1 Å². The van der Waals surface area contributed by atoms with Crippen molar-refractivity contribution in [3.05, 3.63) is 0 Å². The molecule has 0 unspecified atom stereocenters. The number of Topliss-reactive ketones (excluding diaryl/α,β-unsaturated/α-hetero) is 1. The third-order valence-electron chi connectivity index (χ3n) is 1.46. The molecule has 2 heteroatoms. The molecule has 0 aliphatic heterocycles. The maximum absolute atomic E-state index is 10.6. The van der Waals surface area contributed by atoms with Gasteiger partial charge in [-0.1, -0.05) is 0 Å². The fourth-order valence-electron chi connectivity index (χ4n) is 1.00. The Labute approximate surface area is 54.9 Å². The van der Waals surface area contributed by atoms with Crippen molar-refractivity contribution in [1.29, 1.82) is 0 Å². The fraction of sp³-hybridized carbons (Fsp3) is 0.833. The Hall–Kier alpha value is 0.0200. The first-order valence-electron chi connectivity index (χ1n) is 2.99. The lowest BCUT2D eigenvalue weighted by molar-refractivity contribution is -0.120. The van der Waals surface area contributed by atoms with Crippen LogP contribution in [0.1, 0.15) is 25.7 Å². The minimum atomic E-state index is 0.358. The van der Waals surface area contributed by atoms with Gasteiger partial charge in [-0.25, -0.2) is 0 Å². The predicted molar refractivity (Wildman–Crippen MR) is 36.2 cm³/mol. The highest BCUT2D eigenvalue weighted by molar-refractivity contribution is 7.81. The van der Waals surface area contributed by atoms with E-state index in [0.717, 1.165) is 19.3 Å². The molecule has 1 aliphatic carbocycles. The van der Waals surface area contributed by atoms with E-state index in [0.29, 0.717) is 17.5 Å². The molecule has 0 radical (unpaired) electrons. The number of rotatable bonds is 0. The molecule has 1 nitrogen and oxygen atoms in total. The molecule has 1 saturated carbocycles. The zero-order chi connectivity index (χ0) is 5.98. The minimum absolute atomic E-state index is 0.358. The van der Waals surface area contributed by atoms with Crippen LogP contribution in [0.25, 0.3) is 0 Å². The molecule has 1 aliphatic rings. The maximum Gasteiger partial charge on any atom is 0.134 e. The van der Waals surface area contributed by atoms with Gasteiger partial charge in [0.05, 0.1) is 0 Å². The van der Waals surface area contributed by atoms with Crippen molar-refractivity contribution >= 4 is 18.4 Å². The summed E-state index contributed by atoms with van der Waals surface area (Å²) in [5.74, 6) is 0.385. The topological polar surface area (TPSA) is 17.1 Å². The van der Waals surface area contributed by atoms with E-state index in [9.17, 15) is 4.79 Å². The van der Waals surface area contributed by atoms with Crippen LogP contribution in [0.5, 0.6) is 0 Å². The van der Waals surface area contributed by atoms with E-state index in [-0.39, 0.29) is 0 Å². The molecule has 0 aromatic rings. The van der Waals surface area contributed by atoms with E-state index in [2.05, 4.69) is 12.6 Å². The van der Waals surface area contributed by atoms with Crippen LogP contribution in [0.15, 0.2) is 0 Å².